The van der Waals surface area contributed by atoms with Gasteiger partial charge in [0.05, 0.1) is 6.07 Å². The van der Waals surface area contributed by atoms with Crippen LogP contribution in [-0.4, -0.2) is 20.2 Å². The van der Waals surface area contributed by atoms with Gasteiger partial charge in [0.1, 0.15) is 0 Å². The van der Waals surface area contributed by atoms with Gasteiger partial charge in [0.2, 0.25) is 17.0 Å². The van der Waals surface area contributed by atoms with E-state index in [9.17, 15) is 0 Å². The molecule has 1 aromatic rings. The Kier molecular flexibility index (Phi) is 1.40. The largest absolute Gasteiger partial charge is 0.493 e. The standard InChI is InChI=1S/C4H3ClN2O2/c5-4-6-2(8)1-3(9)7-4/h1H,(H2,6,7,8,9). The summed E-state index contributed by atoms with van der Waals surface area (Å²) in [7, 11) is 0. The number of hydrogen-bond acceptors (Lipinski definition) is 4. The minimum atomic E-state index is -0.340. The van der Waals surface area contributed by atoms with Crippen molar-refractivity contribution in [3.63, 3.8) is 0 Å². The van der Waals surface area contributed by atoms with Crippen LogP contribution in [-0.2, 0) is 0 Å². The van der Waals surface area contributed by atoms with Crippen molar-refractivity contribution in [2.75, 3.05) is 0 Å². The smallest absolute Gasteiger partial charge is 0.228 e. The Morgan fingerprint density at radius 1 is 1.22 bits per heavy atom. The molecule has 1 rings (SSSR count). The lowest BCUT2D eigenvalue weighted by molar-refractivity contribution is 0.421. The summed E-state index contributed by atoms with van der Waals surface area (Å²) in [6.07, 6.45) is 0. The Labute approximate surface area is 55.8 Å². The highest BCUT2D eigenvalue weighted by Gasteiger charge is 1.96. The van der Waals surface area contributed by atoms with E-state index in [2.05, 4.69) is 9.97 Å². The van der Waals surface area contributed by atoms with Gasteiger partial charge >= 0.3 is 0 Å². The predicted octanol–water partition coefficient (Wildman–Crippen LogP) is 0.541. The number of halogens is 1. The summed E-state index contributed by atoms with van der Waals surface area (Å²) in [5.74, 6) is -0.681. The maximum Gasteiger partial charge on any atom is 0.228 e. The molecule has 9 heavy (non-hydrogen) atoms. The maximum absolute atomic E-state index is 8.60. The van der Waals surface area contributed by atoms with Gasteiger partial charge < -0.3 is 10.2 Å². The van der Waals surface area contributed by atoms with Gasteiger partial charge in [-0.3, -0.25) is 0 Å². The van der Waals surface area contributed by atoms with E-state index in [1.807, 2.05) is 0 Å². The lowest BCUT2D eigenvalue weighted by Crippen LogP contribution is -1.80. The lowest BCUT2D eigenvalue weighted by atomic mass is 10.6. The molecule has 4 nitrogen and oxygen atoms in total. The van der Waals surface area contributed by atoms with Crippen molar-refractivity contribution in [2.24, 2.45) is 0 Å². The van der Waals surface area contributed by atoms with Crippen LogP contribution in [0.15, 0.2) is 6.07 Å². The van der Waals surface area contributed by atoms with Crippen LogP contribution in [0.3, 0.4) is 0 Å². The molecule has 0 amide bonds. The molecular weight excluding hydrogens is 144 g/mol. The summed E-state index contributed by atoms with van der Waals surface area (Å²) < 4.78 is 0. The van der Waals surface area contributed by atoms with E-state index in [-0.39, 0.29) is 17.0 Å². The fourth-order valence-electron chi connectivity index (χ4n) is 0.394. The van der Waals surface area contributed by atoms with Crippen LogP contribution in [0.5, 0.6) is 11.8 Å². The second-order valence-corrected chi connectivity index (χ2v) is 1.69. The number of rotatable bonds is 0. The number of aromatic nitrogens is 2. The van der Waals surface area contributed by atoms with Gasteiger partial charge in [-0.25, -0.2) is 0 Å². The highest BCUT2D eigenvalue weighted by atomic mass is 35.5. The molecule has 0 saturated heterocycles. The molecule has 2 N–H and O–H groups in total. The quantitative estimate of drug-likeness (QED) is 0.525. The zero-order valence-electron chi connectivity index (χ0n) is 4.24. The third kappa shape index (κ3) is 1.43. The molecule has 0 aromatic carbocycles. The summed E-state index contributed by atoms with van der Waals surface area (Å²) in [4.78, 5) is 6.57. The molecule has 5 heteroatoms. The highest BCUT2D eigenvalue weighted by molar-refractivity contribution is 6.28. The molecule has 0 spiro atoms. The first kappa shape index (κ1) is 6.10. The SMILES string of the molecule is Oc1cc(O)nc(Cl)n1. The zero-order valence-corrected chi connectivity index (χ0v) is 5.00. The van der Waals surface area contributed by atoms with Gasteiger partial charge in [-0.15, -0.1) is 0 Å². The van der Waals surface area contributed by atoms with E-state index in [0.717, 1.165) is 6.07 Å². The summed E-state index contributed by atoms with van der Waals surface area (Å²) in [6, 6.07) is 0.992. The number of nitrogens with zero attached hydrogens (tertiary/aromatic N) is 2. The van der Waals surface area contributed by atoms with Gasteiger partial charge in [-0.1, -0.05) is 0 Å². The normalized spacial score (nSPS) is 9.44. The first-order chi connectivity index (χ1) is 4.18. The van der Waals surface area contributed by atoms with Crippen LogP contribution in [0.25, 0.3) is 0 Å². The molecule has 0 fully saturated rings. The highest BCUT2D eigenvalue weighted by Crippen LogP contribution is 2.14. The van der Waals surface area contributed by atoms with Crippen LogP contribution < -0.4 is 0 Å². The number of hydrogen-bond donors (Lipinski definition) is 2. The van der Waals surface area contributed by atoms with Crippen molar-refractivity contribution in [2.45, 2.75) is 0 Å². The van der Waals surface area contributed by atoms with E-state index in [4.69, 9.17) is 21.8 Å². The molecule has 0 atom stereocenters. The zero-order chi connectivity index (χ0) is 6.85. The van der Waals surface area contributed by atoms with Gasteiger partial charge in [0, 0.05) is 0 Å². The molecular formula is C4H3ClN2O2. The van der Waals surface area contributed by atoms with Gasteiger partial charge in [-0.05, 0) is 11.6 Å². The van der Waals surface area contributed by atoms with Crippen molar-refractivity contribution in [3.8, 4) is 11.8 Å². The molecule has 0 saturated carbocycles. The summed E-state index contributed by atoms with van der Waals surface area (Å²) in [6.45, 7) is 0. The second kappa shape index (κ2) is 2.06. The van der Waals surface area contributed by atoms with Gasteiger partial charge in [0.25, 0.3) is 0 Å². The Bertz CT molecular complexity index is 177. The first-order valence-corrected chi connectivity index (χ1v) is 2.49. The molecule has 0 radical (unpaired) electrons. The monoisotopic (exact) mass is 146 g/mol. The maximum atomic E-state index is 8.60. The second-order valence-electron chi connectivity index (χ2n) is 1.35. The first-order valence-electron chi connectivity index (χ1n) is 2.11. The van der Waals surface area contributed by atoms with E-state index >= 15 is 0 Å². The Hall–Kier alpha value is -1.03. The summed E-state index contributed by atoms with van der Waals surface area (Å²) >= 11 is 5.21. The minimum Gasteiger partial charge on any atom is -0.493 e. The average Bonchev–Trinajstić information content (AvgIpc) is 1.59. The fraction of sp³-hybridized carbons (Fsp3) is 0. The van der Waals surface area contributed by atoms with Crippen LogP contribution in [0.2, 0.25) is 5.28 Å². The van der Waals surface area contributed by atoms with Crippen molar-refractivity contribution < 1.29 is 10.2 Å². The third-order valence-corrected chi connectivity index (χ3v) is 0.841. The molecule has 0 bridgehead atoms. The van der Waals surface area contributed by atoms with Crippen molar-refractivity contribution in [1.29, 1.82) is 0 Å². The van der Waals surface area contributed by atoms with Crippen molar-refractivity contribution >= 4 is 11.6 Å². The van der Waals surface area contributed by atoms with E-state index < -0.39 is 0 Å². The molecule has 0 unspecified atom stereocenters. The van der Waals surface area contributed by atoms with E-state index in [1.54, 1.807) is 0 Å². The van der Waals surface area contributed by atoms with E-state index in [0.29, 0.717) is 0 Å². The molecule has 0 aliphatic carbocycles. The number of aromatic hydroxyl groups is 2. The van der Waals surface area contributed by atoms with Crippen molar-refractivity contribution in [1.82, 2.24) is 9.97 Å². The van der Waals surface area contributed by atoms with E-state index in [1.165, 1.54) is 0 Å². The summed E-state index contributed by atoms with van der Waals surface area (Å²) in [5, 5.41) is 17.0. The van der Waals surface area contributed by atoms with Crippen LogP contribution >= 0.6 is 11.6 Å². The van der Waals surface area contributed by atoms with Crippen molar-refractivity contribution in [3.05, 3.63) is 11.3 Å². The Morgan fingerprint density at radius 3 is 2.00 bits per heavy atom. The van der Waals surface area contributed by atoms with Gasteiger partial charge in [-0.2, -0.15) is 9.97 Å². The Balaban J connectivity index is 3.17. The summed E-state index contributed by atoms with van der Waals surface area (Å²) in [5.41, 5.74) is 0. The fourth-order valence-corrected chi connectivity index (χ4v) is 0.567. The minimum absolute atomic E-state index is 0.174. The molecule has 1 heterocycles. The average molecular weight is 147 g/mol. The molecule has 0 aliphatic rings. The van der Waals surface area contributed by atoms with Crippen LogP contribution in [0.1, 0.15) is 0 Å². The molecule has 0 aliphatic heterocycles. The predicted molar refractivity (Wildman–Crippen MR) is 30.4 cm³/mol. The van der Waals surface area contributed by atoms with Crippen LogP contribution in [0, 0.1) is 0 Å². The molecule has 48 valence electrons. The lowest BCUT2D eigenvalue weighted by Gasteiger charge is -1.91. The molecule has 1 aromatic heterocycles. The Morgan fingerprint density at radius 2 is 1.67 bits per heavy atom. The van der Waals surface area contributed by atoms with Crippen LogP contribution in [0.4, 0.5) is 0 Å². The topological polar surface area (TPSA) is 66.2 Å². The third-order valence-electron chi connectivity index (χ3n) is 0.672. The van der Waals surface area contributed by atoms with Gasteiger partial charge in [0.15, 0.2) is 0 Å².